The molecule has 8 heteroatoms. The quantitative estimate of drug-likeness (QED) is 0.517. The third-order valence-corrected chi connectivity index (χ3v) is 3.96. The van der Waals surface area contributed by atoms with Crippen molar-refractivity contribution in [3.63, 3.8) is 0 Å². The standard InChI is InChI=1S/C12H16N4O4/c1-6-7(5-13)10-8(4-9(6)16(17)18)14-11(19-2)12(15-10)20-3/h6-10H,4H2,1-3H3. The van der Waals surface area contributed by atoms with Gasteiger partial charge in [-0.2, -0.15) is 5.26 Å². The van der Waals surface area contributed by atoms with Gasteiger partial charge in [0, 0.05) is 17.3 Å². The van der Waals surface area contributed by atoms with Crippen molar-refractivity contribution in [3.05, 3.63) is 10.1 Å². The third kappa shape index (κ3) is 2.19. The predicted octanol–water partition coefficient (Wildman–Crippen LogP) is 0.652. The fourth-order valence-electron chi connectivity index (χ4n) is 2.84. The van der Waals surface area contributed by atoms with Crippen LogP contribution in [-0.4, -0.2) is 49.1 Å². The molecule has 5 unspecified atom stereocenters. The van der Waals surface area contributed by atoms with E-state index in [4.69, 9.17) is 9.47 Å². The summed E-state index contributed by atoms with van der Waals surface area (Å²) in [7, 11) is 2.88. The van der Waals surface area contributed by atoms with E-state index >= 15 is 0 Å². The zero-order chi connectivity index (χ0) is 14.9. The second kappa shape index (κ2) is 5.45. The first-order valence-electron chi connectivity index (χ1n) is 6.30. The van der Waals surface area contributed by atoms with Crippen molar-refractivity contribution < 1.29 is 14.4 Å². The van der Waals surface area contributed by atoms with Gasteiger partial charge in [0.1, 0.15) is 0 Å². The van der Waals surface area contributed by atoms with Gasteiger partial charge >= 0.3 is 0 Å². The summed E-state index contributed by atoms with van der Waals surface area (Å²) >= 11 is 0. The van der Waals surface area contributed by atoms with Crippen molar-refractivity contribution in [2.75, 3.05) is 14.2 Å². The SMILES string of the molecule is COC1=NC2CC([N+](=O)[O-])C(C)C(C#N)C2N=C1OC. The van der Waals surface area contributed by atoms with E-state index in [1.54, 1.807) is 6.92 Å². The summed E-state index contributed by atoms with van der Waals surface area (Å²) in [5.41, 5.74) is 0. The van der Waals surface area contributed by atoms with Crippen LogP contribution in [0, 0.1) is 33.3 Å². The Morgan fingerprint density at radius 2 is 1.95 bits per heavy atom. The van der Waals surface area contributed by atoms with Gasteiger partial charge in [-0.3, -0.25) is 10.1 Å². The minimum Gasteiger partial charge on any atom is -0.477 e. The highest BCUT2D eigenvalue weighted by Gasteiger charge is 2.50. The summed E-state index contributed by atoms with van der Waals surface area (Å²) in [6, 6.07) is 0.515. The highest BCUT2D eigenvalue weighted by molar-refractivity contribution is 6.35. The molecule has 2 aliphatic rings. The van der Waals surface area contributed by atoms with Crippen LogP contribution in [0.5, 0.6) is 0 Å². The molecule has 108 valence electrons. The molecule has 0 bridgehead atoms. The molecule has 0 aromatic heterocycles. The second-order valence-corrected chi connectivity index (χ2v) is 4.94. The minimum atomic E-state index is -0.790. The topological polar surface area (TPSA) is 110 Å². The molecule has 0 radical (unpaired) electrons. The van der Waals surface area contributed by atoms with Gasteiger partial charge in [-0.05, 0) is 0 Å². The molecule has 2 rings (SSSR count). The maximum Gasteiger partial charge on any atom is 0.273 e. The summed E-state index contributed by atoms with van der Waals surface area (Å²) in [5.74, 6) is -0.475. The lowest BCUT2D eigenvalue weighted by Gasteiger charge is -2.37. The average Bonchev–Trinajstić information content (AvgIpc) is 2.44. The molecule has 20 heavy (non-hydrogen) atoms. The van der Waals surface area contributed by atoms with E-state index in [0.717, 1.165) is 0 Å². The van der Waals surface area contributed by atoms with Gasteiger partial charge in [0.25, 0.3) is 11.8 Å². The van der Waals surface area contributed by atoms with E-state index in [1.807, 2.05) is 0 Å². The molecule has 1 fully saturated rings. The Kier molecular flexibility index (Phi) is 3.88. The average molecular weight is 280 g/mol. The van der Waals surface area contributed by atoms with E-state index < -0.39 is 24.0 Å². The van der Waals surface area contributed by atoms with E-state index in [-0.39, 0.29) is 29.1 Å². The number of nitriles is 1. The van der Waals surface area contributed by atoms with Crippen molar-refractivity contribution in [1.29, 1.82) is 5.26 Å². The zero-order valence-corrected chi connectivity index (χ0v) is 11.5. The lowest BCUT2D eigenvalue weighted by atomic mass is 9.72. The van der Waals surface area contributed by atoms with Crippen molar-refractivity contribution in [1.82, 2.24) is 0 Å². The van der Waals surface area contributed by atoms with Crippen molar-refractivity contribution in [2.45, 2.75) is 31.5 Å². The molecule has 0 saturated heterocycles. The largest absolute Gasteiger partial charge is 0.477 e. The van der Waals surface area contributed by atoms with Crippen LogP contribution in [0.1, 0.15) is 13.3 Å². The number of ether oxygens (including phenoxy) is 2. The first kappa shape index (κ1) is 14.2. The number of hydrogen-bond donors (Lipinski definition) is 0. The Balaban J connectivity index is 2.37. The van der Waals surface area contributed by atoms with Crippen LogP contribution in [0.25, 0.3) is 0 Å². The summed E-state index contributed by atoms with van der Waals surface area (Å²) in [5, 5.41) is 20.4. The fraction of sp³-hybridized carbons (Fsp3) is 0.750. The number of nitro groups is 1. The first-order chi connectivity index (χ1) is 9.53. The maximum absolute atomic E-state index is 11.1. The first-order valence-corrected chi connectivity index (χ1v) is 6.30. The van der Waals surface area contributed by atoms with E-state index in [0.29, 0.717) is 0 Å². The molecule has 1 saturated carbocycles. The number of nitrogens with zero attached hydrogens (tertiary/aromatic N) is 4. The monoisotopic (exact) mass is 280 g/mol. The van der Waals surface area contributed by atoms with Crippen LogP contribution in [0.15, 0.2) is 9.98 Å². The smallest absolute Gasteiger partial charge is 0.273 e. The molecule has 0 spiro atoms. The van der Waals surface area contributed by atoms with Crippen LogP contribution in [0.3, 0.4) is 0 Å². The Hall–Kier alpha value is -2.17. The molecule has 1 aliphatic heterocycles. The zero-order valence-electron chi connectivity index (χ0n) is 11.5. The molecular formula is C12H16N4O4. The van der Waals surface area contributed by atoms with Crippen molar-refractivity contribution in [3.8, 4) is 6.07 Å². The highest BCUT2D eigenvalue weighted by atomic mass is 16.6. The Morgan fingerprint density at radius 1 is 1.35 bits per heavy atom. The maximum atomic E-state index is 11.1. The normalized spacial score (nSPS) is 36.0. The number of hydrogen-bond acceptors (Lipinski definition) is 7. The number of rotatable bonds is 1. The molecule has 0 aromatic rings. The molecule has 0 amide bonds. The Labute approximate surface area is 116 Å². The van der Waals surface area contributed by atoms with Crippen LogP contribution in [0.4, 0.5) is 0 Å². The van der Waals surface area contributed by atoms with Gasteiger partial charge in [0.05, 0.1) is 38.3 Å². The predicted molar refractivity (Wildman–Crippen MR) is 70.1 cm³/mol. The third-order valence-electron chi connectivity index (χ3n) is 3.96. The van der Waals surface area contributed by atoms with Gasteiger partial charge in [-0.1, -0.05) is 6.92 Å². The van der Waals surface area contributed by atoms with Crippen molar-refractivity contribution in [2.24, 2.45) is 21.8 Å². The van der Waals surface area contributed by atoms with E-state index in [2.05, 4.69) is 16.1 Å². The van der Waals surface area contributed by atoms with E-state index in [1.165, 1.54) is 14.2 Å². The number of methoxy groups -OCH3 is 2. The molecule has 0 N–H and O–H groups in total. The lowest BCUT2D eigenvalue weighted by molar-refractivity contribution is -0.537. The molecule has 8 nitrogen and oxygen atoms in total. The van der Waals surface area contributed by atoms with Crippen molar-refractivity contribution >= 4 is 11.8 Å². The Bertz CT molecular complexity index is 510. The molecular weight excluding hydrogens is 264 g/mol. The number of fused-ring (bicyclic) bond motifs is 1. The molecule has 5 atom stereocenters. The fourth-order valence-corrected chi connectivity index (χ4v) is 2.84. The highest BCUT2D eigenvalue weighted by Crippen LogP contribution is 2.37. The van der Waals surface area contributed by atoms with Crippen LogP contribution in [-0.2, 0) is 9.47 Å². The van der Waals surface area contributed by atoms with Crippen LogP contribution >= 0.6 is 0 Å². The van der Waals surface area contributed by atoms with Crippen LogP contribution < -0.4 is 0 Å². The summed E-state index contributed by atoms with van der Waals surface area (Å²) in [4.78, 5) is 19.5. The summed E-state index contributed by atoms with van der Waals surface area (Å²) in [6.45, 7) is 1.72. The van der Waals surface area contributed by atoms with Gasteiger partial charge < -0.3 is 9.47 Å². The van der Waals surface area contributed by atoms with Gasteiger partial charge in [0.15, 0.2) is 0 Å². The summed E-state index contributed by atoms with van der Waals surface area (Å²) < 4.78 is 10.2. The molecule has 0 aromatic carbocycles. The second-order valence-electron chi connectivity index (χ2n) is 4.94. The van der Waals surface area contributed by atoms with Gasteiger partial charge in [-0.25, -0.2) is 9.98 Å². The van der Waals surface area contributed by atoms with Gasteiger partial charge in [0.2, 0.25) is 6.04 Å². The number of aliphatic imine (C=N–C) groups is 2. The lowest BCUT2D eigenvalue weighted by Crippen LogP contribution is -2.51. The molecule has 1 heterocycles. The van der Waals surface area contributed by atoms with Gasteiger partial charge in [-0.15, -0.1) is 0 Å². The van der Waals surface area contributed by atoms with E-state index in [9.17, 15) is 15.4 Å². The van der Waals surface area contributed by atoms with Crippen LogP contribution in [0.2, 0.25) is 0 Å². The molecule has 1 aliphatic carbocycles. The summed E-state index contributed by atoms with van der Waals surface area (Å²) in [6.07, 6.45) is 0.254. The minimum absolute atomic E-state index is 0.224. The Morgan fingerprint density at radius 3 is 2.45 bits per heavy atom.